The molecule has 2 aliphatic heterocycles. The van der Waals surface area contributed by atoms with Gasteiger partial charge >= 0.3 is 0 Å². The lowest BCUT2D eigenvalue weighted by atomic mass is 9.90. The van der Waals surface area contributed by atoms with Crippen LogP contribution in [0.5, 0.6) is 23.0 Å². The number of hydrogen-bond acceptors (Lipinski definition) is 11. The van der Waals surface area contributed by atoms with Gasteiger partial charge in [-0.2, -0.15) is 0 Å². The Balaban J connectivity index is 1.58. The van der Waals surface area contributed by atoms with Gasteiger partial charge in [0.15, 0.2) is 23.0 Å². The Morgan fingerprint density at radius 3 is 2.36 bits per heavy atom. The number of aliphatic hydroxyl groups excluding tert-OH is 6. The van der Waals surface area contributed by atoms with Gasteiger partial charge in [-0.1, -0.05) is 12.1 Å². The fourth-order valence-corrected chi connectivity index (χ4v) is 4.64. The zero-order chi connectivity index (χ0) is 26.0. The number of phenolic OH excluding ortho intramolecular Hbond substituents is 1. The maximum Gasteiger partial charge on any atom is 0.229 e. The number of ether oxygens (including phenoxy) is 4. The monoisotopic (exact) mass is 508 g/mol. The summed E-state index contributed by atoms with van der Waals surface area (Å²) in [6.07, 6.45) is -6.71. The van der Waals surface area contributed by atoms with E-state index in [2.05, 4.69) is 0 Å². The lowest BCUT2D eigenvalue weighted by Crippen LogP contribution is -2.60. The molecule has 198 valence electrons. The zero-order valence-corrected chi connectivity index (χ0v) is 19.7. The molecule has 2 aliphatic rings. The number of methoxy groups -OCH3 is 1. The molecular formula is C25H32O11. The zero-order valence-electron chi connectivity index (χ0n) is 19.7. The van der Waals surface area contributed by atoms with Gasteiger partial charge in [0, 0.05) is 12.2 Å². The first-order chi connectivity index (χ1) is 17.3. The highest BCUT2D eigenvalue weighted by molar-refractivity contribution is 5.55. The summed E-state index contributed by atoms with van der Waals surface area (Å²) < 4.78 is 22.6. The summed E-state index contributed by atoms with van der Waals surface area (Å²) in [7, 11) is 1.41. The first-order valence-corrected chi connectivity index (χ1v) is 11.7. The van der Waals surface area contributed by atoms with Gasteiger partial charge in [-0.25, -0.2) is 0 Å². The molecule has 0 unspecified atom stereocenters. The van der Waals surface area contributed by atoms with Crippen LogP contribution in [0.1, 0.15) is 35.1 Å². The molecule has 2 aromatic rings. The molecule has 7 atom stereocenters. The molecule has 0 aliphatic carbocycles. The Bertz CT molecular complexity index is 1040. The van der Waals surface area contributed by atoms with Crippen LogP contribution in [-0.2, 0) is 11.2 Å². The van der Waals surface area contributed by atoms with Gasteiger partial charge in [0.25, 0.3) is 0 Å². The SMILES string of the molecule is COc1cc([C@@H]2Oc3c(O)cc(CCCO)cc3[C@H]2CO)ccc1O[C@@H]1O[C@@H](CO)[C@@H](O)[C@@H](O)[C@H]1O. The van der Waals surface area contributed by atoms with Crippen molar-refractivity contribution in [1.29, 1.82) is 0 Å². The normalized spacial score (nSPS) is 29.5. The third-order valence-corrected chi connectivity index (χ3v) is 6.60. The Kier molecular flexibility index (Phi) is 8.20. The highest BCUT2D eigenvalue weighted by atomic mass is 16.7. The van der Waals surface area contributed by atoms with E-state index in [1.54, 1.807) is 24.3 Å². The summed E-state index contributed by atoms with van der Waals surface area (Å²) in [5.41, 5.74) is 2.11. The number of phenols is 1. The van der Waals surface area contributed by atoms with E-state index in [0.717, 1.165) is 5.56 Å². The molecule has 7 N–H and O–H groups in total. The molecule has 0 saturated carbocycles. The number of fused-ring (bicyclic) bond motifs is 1. The van der Waals surface area contributed by atoms with E-state index in [1.807, 2.05) is 6.07 Å². The number of hydrogen-bond donors (Lipinski definition) is 7. The molecule has 1 saturated heterocycles. The summed E-state index contributed by atoms with van der Waals surface area (Å²) in [6, 6.07) is 8.29. The molecule has 0 aromatic heterocycles. The van der Waals surface area contributed by atoms with Crippen molar-refractivity contribution < 1.29 is 54.7 Å². The fourth-order valence-electron chi connectivity index (χ4n) is 4.64. The number of aliphatic hydroxyl groups is 6. The molecule has 0 spiro atoms. The van der Waals surface area contributed by atoms with Crippen molar-refractivity contribution in [2.45, 2.75) is 55.6 Å². The average Bonchev–Trinajstić information content (AvgIpc) is 3.27. The highest BCUT2D eigenvalue weighted by Gasteiger charge is 2.45. The molecule has 0 bridgehead atoms. The van der Waals surface area contributed by atoms with E-state index in [-0.39, 0.29) is 36.2 Å². The molecule has 0 radical (unpaired) electrons. The molecule has 11 nitrogen and oxygen atoms in total. The molecule has 2 heterocycles. The standard InChI is InChI=1S/C25H32O11/c1-33-18-9-13(4-5-17(18)34-25-22(32)21(31)20(30)19(11-28)35-25)23-15(10-27)14-7-12(3-2-6-26)8-16(29)24(14)36-23/h4-5,7-9,15,19-23,25-32H,2-3,6,10-11H2,1H3/t15-,19+,20-,21-,22-,23+,25-/m1/s1. The van der Waals surface area contributed by atoms with Crippen molar-refractivity contribution in [2.24, 2.45) is 0 Å². The maximum absolute atomic E-state index is 10.5. The van der Waals surface area contributed by atoms with Gasteiger partial charge in [-0.05, 0) is 42.2 Å². The molecule has 36 heavy (non-hydrogen) atoms. The summed E-state index contributed by atoms with van der Waals surface area (Å²) in [4.78, 5) is 0. The summed E-state index contributed by atoms with van der Waals surface area (Å²) in [5, 5.41) is 69.4. The lowest BCUT2D eigenvalue weighted by Gasteiger charge is -2.39. The van der Waals surface area contributed by atoms with Gasteiger partial charge in [0.05, 0.1) is 26.2 Å². The minimum absolute atomic E-state index is 0.0255. The predicted octanol–water partition coefficient (Wildman–Crippen LogP) is -0.286. The van der Waals surface area contributed by atoms with E-state index >= 15 is 0 Å². The quantitative estimate of drug-likeness (QED) is 0.237. The second-order valence-corrected chi connectivity index (χ2v) is 8.91. The van der Waals surface area contributed by atoms with E-state index in [1.165, 1.54) is 7.11 Å². The van der Waals surface area contributed by atoms with E-state index in [9.17, 15) is 30.6 Å². The Morgan fingerprint density at radius 2 is 1.69 bits per heavy atom. The maximum atomic E-state index is 10.5. The van der Waals surface area contributed by atoms with Crippen LogP contribution in [0.25, 0.3) is 0 Å². The second kappa shape index (κ2) is 11.2. The largest absolute Gasteiger partial charge is 0.504 e. The van der Waals surface area contributed by atoms with Crippen molar-refractivity contribution in [2.75, 3.05) is 26.9 Å². The van der Waals surface area contributed by atoms with E-state index < -0.39 is 49.3 Å². The molecule has 4 rings (SSSR count). The molecule has 11 heteroatoms. The first-order valence-electron chi connectivity index (χ1n) is 11.7. The third-order valence-electron chi connectivity index (χ3n) is 6.60. The third kappa shape index (κ3) is 4.96. The van der Waals surface area contributed by atoms with E-state index in [0.29, 0.717) is 24.0 Å². The number of rotatable bonds is 9. The first kappa shape index (κ1) is 26.4. The fraction of sp³-hybridized carbons (Fsp3) is 0.520. The van der Waals surface area contributed by atoms with Gasteiger partial charge in [-0.15, -0.1) is 0 Å². The summed E-state index contributed by atoms with van der Waals surface area (Å²) in [6.45, 7) is -0.804. The molecule has 1 fully saturated rings. The van der Waals surface area contributed by atoms with E-state index in [4.69, 9.17) is 24.1 Å². The summed E-state index contributed by atoms with van der Waals surface area (Å²) in [5.74, 6) is 0.176. The van der Waals surface area contributed by atoms with Crippen molar-refractivity contribution in [3.63, 3.8) is 0 Å². The second-order valence-electron chi connectivity index (χ2n) is 8.91. The van der Waals surface area contributed by atoms with Crippen molar-refractivity contribution in [3.05, 3.63) is 47.0 Å². The van der Waals surface area contributed by atoms with Crippen LogP contribution in [0.15, 0.2) is 30.3 Å². The topological polar surface area (TPSA) is 179 Å². The van der Waals surface area contributed by atoms with Gasteiger partial charge in [-0.3, -0.25) is 0 Å². The lowest BCUT2D eigenvalue weighted by molar-refractivity contribution is -0.277. The number of aryl methyl sites for hydroxylation is 1. The predicted molar refractivity (Wildman–Crippen MR) is 124 cm³/mol. The van der Waals surface area contributed by atoms with Crippen LogP contribution in [0.2, 0.25) is 0 Å². The van der Waals surface area contributed by atoms with Crippen LogP contribution in [0.3, 0.4) is 0 Å². The van der Waals surface area contributed by atoms with Crippen LogP contribution in [0, 0.1) is 0 Å². The van der Waals surface area contributed by atoms with Crippen molar-refractivity contribution >= 4 is 0 Å². The minimum atomic E-state index is -1.59. The highest BCUT2D eigenvalue weighted by Crippen LogP contribution is 2.51. The molecular weight excluding hydrogens is 476 g/mol. The Hall–Kier alpha value is -2.64. The van der Waals surface area contributed by atoms with Crippen LogP contribution in [-0.4, -0.2) is 93.4 Å². The Labute approximate surface area is 207 Å². The Morgan fingerprint density at radius 1 is 0.917 bits per heavy atom. The van der Waals surface area contributed by atoms with Crippen LogP contribution >= 0.6 is 0 Å². The number of aromatic hydroxyl groups is 1. The molecule has 2 aromatic carbocycles. The van der Waals surface area contributed by atoms with Crippen LogP contribution < -0.4 is 14.2 Å². The van der Waals surface area contributed by atoms with Crippen LogP contribution in [0.4, 0.5) is 0 Å². The molecule has 0 amide bonds. The van der Waals surface area contributed by atoms with Gasteiger partial charge < -0.3 is 54.7 Å². The van der Waals surface area contributed by atoms with Gasteiger partial charge in [0.2, 0.25) is 6.29 Å². The van der Waals surface area contributed by atoms with Gasteiger partial charge in [0.1, 0.15) is 30.5 Å². The smallest absolute Gasteiger partial charge is 0.229 e. The van der Waals surface area contributed by atoms with Crippen molar-refractivity contribution in [1.82, 2.24) is 0 Å². The minimum Gasteiger partial charge on any atom is -0.504 e. The van der Waals surface area contributed by atoms with Crippen molar-refractivity contribution in [3.8, 4) is 23.0 Å². The summed E-state index contributed by atoms with van der Waals surface area (Å²) >= 11 is 0. The average molecular weight is 509 g/mol. The number of benzene rings is 2.